The van der Waals surface area contributed by atoms with Crippen LogP contribution in [-0.4, -0.2) is 62.7 Å². The van der Waals surface area contributed by atoms with Gasteiger partial charge in [-0.1, -0.05) is 11.6 Å². The van der Waals surface area contributed by atoms with Crippen LogP contribution in [0.25, 0.3) is 16.8 Å². The van der Waals surface area contributed by atoms with Crippen LogP contribution in [0.15, 0.2) is 18.6 Å². The highest BCUT2D eigenvalue weighted by atomic mass is 35.5. The van der Waals surface area contributed by atoms with Crippen LogP contribution in [-0.2, 0) is 0 Å². The van der Waals surface area contributed by atoms with Crippen LogP contribution in [0.1, 0.15) is 6.42 Å². The van der Waals surface area contributed by atoms with E-state index in [1.807, 2.05) is 10.5 Å². The standard InChI is InChI=1S/C14H16ClN7/c1-20-3-2-4-21(6-5-20)13-14-19-17-9-22(14)11-7-10(15)8-16-12(11)18-13/h7-9H,2-6H2,1H3. The molecular weight excluding hydrogens is 302 g/mol. The maximum absolute atomic E-state index is 6.05. The lowest BCUT2D eigenvalue weighted by Crippen LogP contribution is -2.30. The van der Waals surface area contributed by atoms with Crippen molar-refractivity contribution in [3.63, 3.8) is 0 Å². The summed E-state index contributed by atoms with van der Waals surface area (Å²) >= 11 is 6.05. The van der Waals surface area contributed by atoms with Gasteiger partial charge in [0.25, 0.3) is 0 Å². The van der Waals surface area contributed by atoms with Crippen LogP contribution in [0.5, 0.6) is 0 Å². The molecule has 7 nitrogen and oxygen atoms in total. The maximum Gasteiger partial charge on any atom is 0.204 e. The summed E-state index contributed by atoms with van der Waals surface area (Å²) in [6.45, 7) is 3.99. The molecule has 3 aromatic heterocycles. The van der Waals surface area contributed by atoms with Crippen molar-refractivity contribution in [2.45, 2.75) is 6.42 Å². The second kappa shape index (κ2) is 5.33. The van der Waals surface area contributed by atoms with Gasteiger partial charge in [0.2, 0.25) is 5.65 Å². The minimum Gasteiger partial charge on any atom is -0.352 e. The summed E-state index contributed by atoms with van der Waals surface area (Å²) in [5.74, 6) is 0.843. The molecular formula is C14H16ClN7. The first kappa shape index (κ1) is 13.7. The molecule has 0 amide bonds. The number of halogens is 1. The minimum atomic E-state index is 0.577. The van der Waals surface area contributed by atoms with Crippen LogP contribution in [0.3, 0.4) is 0 Å². The van der Waals surface area contributed by atoms with Gasteiger partial charge in [0.05, 0.1) is 10.5 Å². The monoisotopic (exact) mass is 317 g/mol. The average Bonchev–Trinajstić information content (AvgIpc) is 2.90. The molecule has 0 saturated carbocycles. The van der Waals surface area contributed by atoms with E-state index in [0.717, 1.165) is 49.6 Å². The molecule has 1 aliphatic rings. The van der Waals surface area contributed by atoms with E-state index < -0.39 is 0 Å². The molecule has 0 bridgehead atoms. The van der Waals surface area contributed by atoms with E-state index in [4.69, 9.17) is 16.6 Å². The van der Waals surface area contributed by atoms with Crippen molar-refractivity contribution in [3.8, 4) is 0 Å². The Labute approximate surface area is 132 Å². The molecule has 0 aromatic carbocycles. The van der Waals surface area contributed by atoms with Crippen molar-refractivity contribution in [2.24, 2.45) is 0 Å². The molecule has 0 radical (unpaired) electrons. The van der Waals surface area contributed by atoms with Gasteiger partial charge in [-0.3, -0.25) is 4.40 Å². The van der Waals surface area contributed by atoms with Crippen LogP contribution >= 0.6 is 11.6 Å². The minimum absolute atomic E-state index is 0.577. The Morgan fingerprint density at radius 2 is 2.09 bits per heavy atom. The van der Waals surface area contributed by atoms with Gasteiger partial charge in [-0.05, 0) is 26.1 Å². The number of aromatic nitrogens is 5. The highest BCUT2D eigenvalue weighted by Gasteiger charge is 2.19. The topological polar surface area (TPSA) is 62.5 Å². The summed E-state index contributed by atoms with van der Waals surface area (Å²) in [4.78, 5) is 13.7. The number of nitrogens with zero attached hydrogens (tertiary/aromatic N) is 7. The van der Waals surface area contributed by atoms with Gasteiger partial charge in [0.1, 0.15) is 6.33 Å². The van der Waals surface area contributed by atoms with Crippen molar-refractivity contribution >= 4 is 34.2 Å². The van der Waals surface area contributed by atoms with Gasteiger partial charge in [-0.25, -0.2) is 9.97 Å². The number of anilines is 1. The first-order valence-corrected chi connectivity index (χ1v) is 7.68. The third kappa shape index (κ3) is 2.26. The quantitative estimate of drug-likeness (QED) is 0.677. The number of hydrogen-bond acceptors (Lipinski definition) is 6. The van der Waals surface area contributed by atoms with E-state index in [2.05, 4.69) is 32.0 Å². The van der Waals surface area contributed by atoms with Gasteiger partial charge in [0, 0.05) is 25.8 Å². The van der Waals surface area contributed by atoms with Gasteiger partial charge < -0.3 is 9.80 Å². The fourth-order valence-electron chi connectivity index (χ4n) is 2.87. The molecule has 0 N–H and O–H groups in total. The van der Waals surface area contributed by atoms with Crippen molar-refractivity contribution in [1.29, 1.82) is 0 Å². The summed E-state index contributed by atoms with van der Waals surface area (Å²) in [5.41, 5.74) is 2.23. The zero-order chi connectivity index (χ0) is 15.1. The molecule has 1 aliphatic heterocycles. The summed E-state index contributed by atoms with van der Waals surface area (Å²) in [6.07, 6.45) is 4.41. The van der Waals surface area contributed by atoms with Crippen LogP contribution in [0.4, 0.5) is 5.82 Å². The third-order valence-electron chi connectivity index (χ3n) is 4.05. The SMILES string of the molecule is CN1CCCN(c2nc3ncc(Cl)cc3n3cnnc23)CC1. The molecule has 114 valence electrons. The molecule has 22 heavy (non-hydrogen) atoms. The Morgan fingerprint density at radius 1 is 1.18 bits per heavy atom. The molecule has 0 unspecified atom stereocenters. The maximum atomic E-state index is 6.05. The molecule has 4 rings (SSSR count). The zero-order valence-electron chi connectivity index (χ0n) is 12.3. The molecule has 1 saturated heterocycles. The first-order valence-electron chi connectivity index (χ1n) is 7.31. The van der Waals surface area contributed by atoms with Gasteiger partial charge in [0.15, 0.2) is 11.5 Å². The van der Waals surface area contributed by atoms with Crippen molar-refractivity contribution in [2.75, 3.05) is 38.1 Å². The predicted molar refractivity (Wildman–Crippen MR) is 85.4 cm³/mol. The largest absolute Gasteiger partial charge is 0.352 e. The highest BCUT2D eigenvalue weighted by molar-refractivity contribution is 6.31. The number of pyridine rings is 1. The summed E-state index contributed by atoms with van der Waals surface area (Å²) in [6, 6.07) is 1.84. The summed E-state index contributed by atoms with van der Waals surface area (Å²) in [7, 11) is 2.15. The lowest BCUT2D eigenvalue weighted by Gasteiger charge is -2.22. The van der Waals surface area contributed by atoms with Gasteiger partial charge >= 0.3 is 0 Å². The van der Waals surface area contributed by atoms with Gasteiger partial charge in [-0.15, -0.1) is 10.2 Å². The van der Waals surface area contributed by atoms with E-state index in [1.165, 1.54) is 0 Å². The fourth-order valence-corrected chi connectivity index (χ4v) is 3.02. The lowest BCUT2D eigenvalue weighted by molar-refractivity contribution is 0.360. The van der Waals surface area contributed by atoms with E-state index in [1.54, 1.807) is 12.5 Å². The Balaban J connectivity index is 1.89. The van der Waals surface area contributed by atoms with Crippen molar-refractivity contribution in [3.05, 3.63) is 23.6 Å². The predicted octanol–water partition coefficient (Wildman–Crippen LogP) is 1.47. The van der Waals surface area contributed by atoms with Crippen molar-refractivity contribution in [1.82, 2.24) is 29.5 Å². The summed E-state index contributed by atoms with van der Waals surface area (Å²) < 4.78 is 1.91. The smallest absolute Gasteiger partial charge is 0.204 e. The van der Waals surface area contributed by atoms with Crippen LogP contribution < -0.4 is 4.90 Å². The Kier molecular flexibility index (Phi) is 3.31. The highest BCUT2D eigenvalue weighted by Crippen LogP contribution is 2.24. The number of fused-ring (bicyclic) bond motifs is 3. The van der Waals surface area contributed by atoms with E-state index in [0.29, 0.717) is 10.7 Å². The van der Waals surface area contributed by atoms with E-state index >= 15 is 0 Å². The normalized spacial score (nSPS) is 17.3. The molecule has 0 atom stereocenters. The van der Waals surface area contributed by atoms with Crippen molar-refractivity contribution < 1.29 is 0 Å². The molecule has 0 aliphatic carbocycles. The van der Waals surface area contributed by atoms with E-state index in [9.17, 15) is 0 Å². The van der Waals surface area contributed by atoms with E-state index in [-0.39, 0.29) is 0 Å². The molecule has 8 heteroatoms. The van der Waals surface area contributed by atoms with Gasteiger partial charge in [-0.2, -0.15) is 0 Å². The summed E-state index contributed by atoms with van der Waals surface area (Å²) in [5, 5.41) is 8.86. The Hall–Kier alpha value is -1.99. The Morgan fingerprint density at radius 3 is 3.00 bits per heavy atom. The molecule has 4 heterocycles. The zero-order valence-corrected chi connectivity index (χ0v) is 13.0. The van der Waals surface area contributed by atoms with Crippen LogP contribution in [0, 0.1) is 0 Å². The average molecular weight is 318 g/mol. The second-order valence-electron chi connectivity index (χ2n) is 5.60. The fraction of sp³-hybridized carbons (Fsp3) is 0.429. The number of rotatable bonds is 1. The lowest BCUT2D eigenvalue weighted by atomic mass is 10.3. The molecule has 1 fully saturated rings. The molecule has 3 aromatic rings. The number of hydrogen-bond donors (Lipinski definition) is 0. The first-order chi connectivity index (χ1) is 10.7. The van der Waals surface area contributed by atoms with Crippen LogP contribution in [0.2, 0.25) is 5.02 Å². The number of likely N-dealkylation sites (N-methyl/N-ethyl adjacent to an activating group) is 1. The second-order valence-corrected chi connectivity index (χ2v) is 6.04. The third-order valence-corrected chi connectivity index (χ3v) is 4.26. The Bertz CT molecular complexity index is 831. The molecule has 0 spiro atoms.